The minimum Gasteiger partial charge on any atom is -0.488 e. The van der Waals surface area contributed by atoms with Crippen LogP contribution in [-0.2, 0) is 19.8 Å². The highest BCUT2D eigenvalue weighted by Gasteiger charge is 2.05. The van der Waals surface area contributed by atoms with Crippen LogP contribution in [0.3, 0.4) is 0 Å². The lowest BCUT2D eigenvalue weighted by molar-refractivity contribution is 0.281. The minimum absolute atomic E-state index is 0.0657. The zero-order chi connectivity index (χ0) is 13.7. The predicted octanol–water partition coefficient (Wildman–Crippen LogP) is 2.53. The first kappa shape index (κ1) is 13.6. The van der Waals surface area contributed by atoms with Crippen molar-refractivity contribution in [1.29, 1.82) is 0 Å². The van der Waals surface area contributed by atoms with E-state index in [1.54, 1.807) is 0 Å². The predicted molar refractivity (Wildman–Crippen MR) is 75.8 cm³/mol. The molecule has 0 bridgehead atoms. The molecule has 0 aliphatic carbocycles. The molecular formula is C16H19NO2. The van der Waals surface area contributed by atoms with E-state index < -0.39 is 0 Å². The Bertz CT molecular complexity index is 535. The van der Waals surface area contributed by atoms with Crippen LogP contribution in [0.4, 0.5) is 0 Å². The number of aliphatic hydroxyl groups is 1. The van der Waals surface area contributed by atoms with Gasteiger partial charge in [-0.25, -0.2) is 0 Å². The lowest BCUT2D eigenvalue weighted by Crippen LogP contribution is -2.04. The summed E-state index contributed by atoms with van der Waals surface area (Å²) in [6, 6.07) is 13.7. The third-order valence-corrected chi connectivity index (χ3v) is 3.10. The van der Waals surface area contributed by atoms with Gasteiger partial charge in [-0.2, -0.15) is 0 Å². The molecule has 0 aliphatic rings. The van der Waals surface area contributed by atoms with Crippen molar-refractivity contribution >= 4 is 0 Å². The van der Waals surface area contributed by atoms with Crippen LogP contribution in [0.5, 0.6) is 5.75 Å². The van der Waals surface area contributed by atoms with E-state index in [-0.39, 0.29) is 6.61 Å². The molecule has 0 amide bonds. The molecule has 0 unspecified atom stereocenters. The van der Waals surface area contributed by atoms with Crippen LogP contribution in [0.2, 0.25) is 0 Å². The Kier molecular flexibility index (Phi) is 4.55. The Balaban J connectivity index is 2.09. The van der Waals surface area contributed by atoms with E-state index in [4.69, 9.17) is 15.6 Å². The van der Waals surface area contributed by atoms with Gasteiger partial charge >= 0.3 is 0 Å². The van der Waals surface area contributed by atoms with Crippen molar-refractivity contribution in [2.75, 3.05) is 0 Å². The van der Waals surface area contributed by atoms with Gasteiger partial charge in [-0.05, 0) is 23.6 Å². The molecule has 19 heavy (non-hydrogen) atoms. The molecule has 100 valence electrons. The van der Waals surface area contributed by atoms with E-state index in [0.29, 0.717) is 13.2 Å². The SMILES string of the molecule is Cc1cccc(CN)c1OCc1ccc(CO)cc1. The van der Waals surface area contributed by atoms with E-state index in [1.165, 1.54) is 0 Å². The molecule has 0 aromatic heterocycles. The number of nitrogens with two attached hydrogens (primary N) is 1. The smallest absolute Gasteiger partial charge is 0.127 e. The van der Waals surface area contributed by atoms with Gasteiger partial charge in [-0.15, -0.1) is 0 Å². The van der Waals surface area contributed by atoms with Gasteiger partial charge < -0.3 is 15.6 Å². The average molecular weight is 257 g/mol. The van der Waals surface area contributed by atoms with Gasteiger partial charge in [0.15, 0.2) is 0 Å². The number of para-hydroxylation sites is 1. The van der Waals surface area contributed by atoms with Crippen LogP contribution in [-0.4, -0.2) is 5.11 Å². The molecule has 0 aliphatic heterocycles. The molecule has 0 saturated carbocycles. The highest BCUT2D eigenvalue weighted by molar-refractivity contribution is 5.40. The third-order valence-electron chi connectivity index (χ3n) is 3.10. The van der Waals surface area contributed by atoms with Crippen LogP contribution in [0.1, 0.15) is 22.3 Å². The fourth-order valence-electron chi connectivity index (χ4n) is 1.98. The van der Waals surface area contributed by atoms with Gasteiger partial charge in [0.05, 0.1) is 6.61 Å². The zero-order valence-corrected chi connectivity index (χ0v) is 11.1. The second kappa shape index (κ2) is 6.36. The summed E-state index contributed by atoms with van der Waals surface area (Å²) in [4.78, 5) is 0. The summed E-state index contributed by atoms with van der Waals surface area (Å²) in [6.07, 6.45) is 0. The highest BCUT2D eigenvalue weighted by Crippen LogP contribution is 2.24. The van der Waals surface area contributed by atoms with Crippen molar-refractivity contribution < 1.29 is 9.84 Å². The Morgan fingerprint density at radius 3 is 2.37 bits per heavy atom. The summed E-state index contributed by atoms with van der Waals surface area (Å²) in [7, 11) is 0. The van der Waals surface area contributed by atoms with Crippen LogP contribution < -0.4 is 10.5 Å². The van der Waals surface area contributed by atoms with Crippen LogP contribution in [0.25, 0.3) is 0 Å². The standard InChI is InChI=1S/C16H19NO2/c1-12-3-2-4-15(9-17)16(12)19-11-14-7-5-13(10-18)6-8-14/h2-8,18H,9-11,17H2,1H3. The van der Waals surface area contributed by atoms with Crippen LogP contribution >= 0.6 is 0 Å². The monoisotopic (exact) mass is 257 g/mol. The highest BCUT2D eigenvalue weighted by atomic mass is 16.5. The van der Waals surface area contributed by atoms with E-state index in [2.05, 4.69) is 0 Å². The molecule has 2 aromatic rings. The maximum absolute atomic E-state index is 9.00. The van der Waals surface area contributed by atoms with Gasteiger partial charge in [0.1, 0.15) is 12.4 Å². The van der Waals surface area contributed by atoms with Crippen molar-refractivity contribution in [1.82, 2.24) is 0 Å². The molecule has 3 nitrogen and oxygen atoms in total. The molecule has 3 heteroatoms. The molecule has 0 heterocycles. The molecule has 0 saturated heterocycles. The van der Waals surface area contributed by atoms with Crippen LogP contribution in [0, 0.1) is 6.92 Å². The van der Waals surface area contributed by atoms with Crippen molar-refractivity contribution in [2.24, 2.45) is 5.73 Å². The van der Waals surface area contributed by atoms with Crippen LogP contribution in [0.15, 0.2) is 42.5 Å². The van der Waals surface area contributed by atoms with E-state index in [1.807, 2.05) is 49.4 Å². The zero-order valence-electron chi connectivity index (χ0n) is 11.1. The lowest BCUT2D eigenvalue weighted by atomic mass is 10.1. The maximum atomic E-state index is 9.00. The molecule has 2 aromatic carbocycles. The Hall–Kier alpha value is -1.84. The molecular weight excluding hydrogens is 238 g/mol. The number of rotatable bonds is 5. The second-order valence-electron chi connectivity index (χ2n) is 4.53. The first-order chi connectivity index (χ1) is 9.24. The number of hydrogen-bond acceptors (Lipinski definition) is 3. The fourth-order valence-corrected chi connectivity index (χ4v) is 1.98. The number of benzene rings is 2. The second-order valence-corrected chi connectivity index (χ2v) is 4.53. The summed E-state index contributed by atoms with van der Waals surface area (Å²) < 4.78 is 5.88. The summed E-state index contributed by atoms with van der Waals surface area (Å²) in [5.41, 5.74) is 9.81. The molecule has 0 radical (unpaired) electrons. The normalized spacial score (nSPS) is 10.5. The van der Waals surface area contributed by atoms with Gasteiger partial charge in [-0.3, -0.25) is 0 Å². The van der Waals surface area contributed by atoms with E-state index in [0.717, 1.165) is 28.0 Å². The molecule has 0 spiro atoms. The summed E-state index contributed by atoms with van der Waals surface area (Å²) in [5.74, 6) is 0.872. The average Bonchev–Trinajstić information content (AvgIpc) is 2.46. The molecule has 3 N–H and O–H groups in total. The first-order valence-electron chi connectivity index (χ1n) is 6.34. The largest absolute Gasteiger partial charge is 0.488 e. The Labute approximate surface area is 113 Å². The Morgan fingerprint density at radius 1 is 1.05 bits per heavy atom. The summed E-state index contributed by atoms with van der Waals surface area (Å²) >= 11 is 0. The Morgan fingerprint density at radius 2 is 1.74 bits per heavy atom. The topological polar surface area (TPSA) is 55.5 Å². The van der Waals surface area contributed by atoms with Crippen molar-refractivity contribution in [2.45, 2.75) is 26.7 Å². The number of hydrogen-bond donors (Lipinski definition) is 2. The lowest BCUT2D eigenvalue weighted by Gasteiger charge is -2.13. The molecule has 0 fully saturated rings. The van der Waals surface area contributed by atoms with Gasteiger partial charge in [0.25, 0.3) is 0 Å². The summed E-state index contributed by atoms with van der Waals surface area (Å²) in [5, 5.41) is 9.00. The third kappa shape index (κ3) is 3.34. The number of aryl methyl sites for hydroxylation is 1. The number of ether oxygens (including phenoxy) is 1. The van der Waals surface area contributed by atoms with E-state index in [9.17, 15) is 0 Å². The van der Waals surface area contributed by atoms with Gasteiger partial charge in [0, 0.05) is 12.1 Å². The minimum atomic E-state index is 0.0657. The van der Waals surface area contributed by atoms with Gasteiger partial charge in [0.2, 0.25) is 0 Å². The molecule has 2 rings (SSSR count). The van der Waals surface area contributed by atoms with Gasteiger partial charge in [-0.1, -0.05) is 42.5 Å². The maximum Gasteiger partial charge on any atom is 0.127 e. The fraction of sp³-hybridized carbons (Fsp3) is 0.250. The quantitative estimate of drug-likeness (QED) is 0.865. The van der Waals surface area contributed by atoms with Crippen molar-refractivity contribution in [3.8, 4) is 5.75 Å². The van der Waals surface area contributed by atoms with Crippen molar-refractivity contribution in [3.05, 3.63) is 64.7 Å². The number of aliphatic hydroxyl groups excluding tert-OH is 1. The summed E-state index contributed by atoms with van der Waals surface area (Å²) in [6.45, 7) is 3.06. The molecule has 0 atom stereocenters. The first-order valence-corrected chi connectivity index (χ1v) is 6.34. The van der Waals surface area contributed by atoms with Crippen molar-refractivity contribution in [3.63, 3.8) is 0 Å². The van der Waals surface area contributed by atoms with E-state index >= 15 is 0 Å².